The van der Waals surface area contributed by atoms with Gasteiger partial charge in [0.15, 0.2) is 0 Å². The van der Waals surface area contributed by atoms with Crippen molar-refractivity contribution in [1.82, 2.24) is 0 Å². The molecule has 0 saturated heterocycles. The summed E-state index contributed by atoms with van der Waals surface area (Å²) < 4.78 is 3.57. The highest BCUT2D eigenvalue weighted by Gasteiger charge is 2.16. The minimum atomic E-state index is 0.216. The molecule has 0 aliphatic heterocycles. The van der Waals surface area contributed by atoms with Gasteiger partial charge in [-0.1, -0.05) is 56.1 Å². The fourth-order valence-electron chi connectivity index (χ4n) is 2.08. The first-order valence-corrected chi connectivity index (χ1v) is 9.10. The summed E-state index contributed by atoms with van der Waals surface area (Å²) in [7, 11) is 0. The van der Waals surface area contributed by atoms with Gasteiger partial charge in [0.05, 0.1) is 4.83 Å². The second-order valence-corrected chi connectivity index (χ2v) is 7.79. The number of halogens is 3. The van der Waals surface area contributed by atoms with Crippen molar-refractivity contribution in [1.29, 1.82) is 0 Å². The van der Waals surface area contributed by atoms with Gasteiger partial charge in [0, 0.05) is 13.6 Å². The summed E-state index contributed by atoms with van der Waals surface area (Å²) in [5.74, 6) is 0. The maximum absolute atomic E-state index is 3.82. The number of hydrogen-bond donors (Lipinski definition) is 0. The van der Waals surface area contributed by atoms with Gasteiger partial charge < -0.3 is 0 Å². The third-order valence-corrected chi connectivity index (χ3v) is 6.48. The van der Waals surface area contributed by atoms with E-state index in [1.54, 1.807) is 11.3 Å². The lowest BCUT2D eigenvalue weighted by atomic mass is 10.0. The molecule has 0 saturated carbocycles. The molecule has 1 atom stereocenters. The molecule has 0 fully saturated rings. The Labute approximate surface area is 141 Å². The Morgan fingerprint density at radius 3 is 2.58 bits per heavy atom. The van der Waals surface area contributed by atoms with E-state index >= 15 is 0 Å². The molecule has 0 nitrogen and oxygen atoms in total. The minimum Gasteiger partial charge on any atom is -0.142 e. The van der Waals surface area contributed by atoms with Gasteiger partial charge >= 0.3 is 0 Å². The Bertz CT molecular complexity index is 733. The van der Waals surface area contributed by atoms with Gasteiger partial charge in [-0.25, -0.2) is 0 Å². The zero-order valence-corrected chi connectivity index (χ0v) is 15.3. The molecule has 0 spiro atoms. The lowest BCUT2D eigenvalue weighted by Crippen LogP contribution is -1.91. The van der Waals surface area contributed by atoms with Crippen molar-refractivity contribution in [3.63, 3.8) is 0 Å². The van der Waals surface area contributed by atoms with Crippen molar-refractivity contribution < 1.29 is 0 Å². The summed E-state index contributed by atoms with van der Waals surface area (Å²) in [5, 5.41) is 3.54. The Hall–Kier alpha value is -0.160. The molecular weight excluding hydrogens is 452 g/mol. The third-order valence-electron chi connectivity index (χ3n) is 3.00. The van der Waals surface area contributed by atoms with E-state index in [1.165, 1.54) is 21.2 Å². The molecule has 1 unspecified atom stereocenters. The third kappa shape index (κ3) is 2.68. The van der Waals surface area contributed by atoms with Crippen molar-refractivity contribution in [2.75, 3.05) is 0 Å². The Morgan fingerprint density at radius 1 is 1.00 bits per heavy atom. The highest BCUT2D eigenvalue weighted by Crippen LogP contribution is 2.41. The molecule has 0 aliphatic rings. The Kier molecular flexibility index (Phi) is 4.13. The fourth-order valence-corrected chi connectivity index (χ4v) is 4.99. The van der Waals surface area contributed by atoms with E-state index in [9.17, 15) is 0 Å². The monoisotopic (exact) mass is 458 g/mol. The van der Waals surface area contributed by atoms with Crippen molar-refractivity contribution in [2.24, 2.45) is 0 Å². The number of fused-ring (bicyclic) bond motifs is 1. The summed E-state index contributed by atoms with van der Waals surface area (Å²) in [6.45, 7) is 0. The van der Waals surface area contributed by atoms with Gasteiger partial charge in [-0.05, 0) is 56.0 Å². The minimum absolute atomic E-state index is 0.216. The van der Waals surface area contributed by atoms with E-state index in [0.717, 1.165) is 8.95 Å². The fraction of sp³-hybridized carbons (Fsp3) is 0.0667. The molecule has 3 aromatic rings. The first-order chi connectivity index (χ1) is 9.16. The first kappa shape index (κ1) is 13.8. The van der Waals surface area contributed by atoms with Gasteiger partial charge in [-0.2, -0.15) is 0 Å². The smallest absolute Gasteiger partial charge is 0.0659 e. The summed E-state index contributed by atoms with van der Waals surface area (Å²) >= 11 is 12.7. The van der Waals surface area contributed by atoms with Crippen LogP contribution in [0.2, 0.25) is 0 Å². The van der Waals surface area contributed by atoms with Crippen molar-refractivity contribution in [3.8, 4) is 0 Å². The summed E-state index contributed by atoms with van der Waals surface area (Å²) in [6.07, 6.45) is 0. The molecule has 1 aromatic heterocycles. The molecule has 2 aromatic carbocycles. The highest BCUT2D eigenvalue weighted by molar-refractivity contribution is 9.11. The largest absolute Gasteiger partial charge is 0.142 e. The van der Waals surface area contributed by atoms with E-state index in [1.807, 2.05) is 6.07 Å². The highest BCUT2D eigenvalue weighted by atomic mass is 79.9. The Morgan fingerprint density at radius 2 is 1.79 bits per heavy atom. The van der Waals surface area contributed by atoms with Crippen LogP contribution in [-0.4, -0.2) is 0 Å². The van der Waals surface area contributed by atoms with E-state index in [0.29, 0.717) is 0 Å². The molecule has 0 bridgehead atoms. The van der Waals surface area contributed by atoms with Crippen LogP contribution in [0, 0.1) is 0 Å². The van der Waals surface area contributed by atoms with Crippen LogP contribution in [0.15, 0.2) is 56.8 Å². The van der Waals surface area contributed by atoms with Gasteiger partial charge in [0.25, 0.3) is 0 Å². The summed E-state index contributed by atoms with van der Waals surface area (Å²) in [5.41, 5.74) is 2.58. The molecule has 0 amide bonds. The maximum atomic E-state index is 3.82. The van der Waals surface area contributed by atoms with E-state index in [2.05, 4.69) is 89.6 Å². The molecule has 1 heterocycles. The van der Waals surface area contributed by atoms with Crippen molar-refractivity contribution in [3.05, 3.63) is 67.9 Å². The van der Waals surface area contributed by atoms with E-state index < -0.39 is 0 Å². The molecule has 96 valence electrons. The second kappa shape index (κ2) is 5.68. The molecule has 3 rings (SSSR count). The average Bonchev–Trinajstić information content (AvgIpc) is 2.83. The predicted octanol–water partition coefficient (Wildman–Crippen LogP) is 6.91. The van der Waals surface area contributed by atoms with Crippen LogP contribution in [-0.2, 0) is 0 Å². The molecular formula is C15H9Br3S. The predicted molar refractivity (Wildman–Crippen MR) is 94.4 cm³/mol. The zero-order chi connectivity index (χ0) is 13.4. The quantitative estimate of drug-likeness (QED) is 0.364. The number of thiophene rings is 1. The van der Waals surface area contributed by atoms with Crippen LogP contribution in [0.4, 0.5) is 0 Å². The van der Waals surface area contributed by atoms with Gasteiger partial charge in [-0.15, -0.1) is 11.3 Å². The number of alkyl halides is 1. The molecule has 0 aliphatic carbocycles. The SMILES string of the molecule is Brc1cccc(C(Br)c2csc3c(Br)cccc23)c1. The summed E-state index contributed by atoms with van der Waals surface area (Å²) in [4.78, 5) is 0.216. The number of rotatable bonds is 2. The lowest BCUT2D eigenvalue weighted by Gasteiger charge is -2.10. The zero-order valence-electron chi connectivity index (χ0n) is 9.74. The molecule has 0 N–H and O–H groups in total. The average molecular weight is 461 g/mol. The van der Waals surface area contributed by atoms with Crippen LogP contribution in [0.3, 0.4) is 0 Å². The second-order valence-electron chi connectivity index (χ2n) is 4.23. The topological polar surface area (TPSA) is 0 Å². The molecule has 19 heavy (non-hydrogen) atoms. The van der Waals surface area contributed by atoms with Gasteiger partial charge in [0.2, 0.25) is 0 Å². The first-order valence-electron chi connectivity index (χ1n) is 5.72. The molecule has 4 heteroatoms. The number of hydrogen-bond acceptors (Lipinski definition) is 1. The Balaban J connectivity index is 2.12. The van der Waals surface area contributed by atoms with Crippen molar-refractivity contribution in [2.45, 2.75) is 4.83 Å². The lowest BCUT2D eigenvalue weighted by molar-refractivity contribution is 1.20. The molecule has 0 radical (unpaired) electrons. The van der Waals surface area contributed by atoms with Crippen molar-refractivity contribution >= 4 is 69.2 Å². The van der Waals surface area contributed by atoms with Crippen LogP contribution in [0.1, 0.15) is 16.0 Å². The number of benzene rings is 2. The summed E-state index contributed by atoms with van der Waals surface area (Å²) in [6, 6.07) is 14.8. The van der Waals surface area contributed by atoms with E-state index in [4.69, 9.17) is 0 Å². The van der Waals surface area contributed by atoms with Gasteiger partial charge in [-0.3, -0.25) is 0 Å². The van der Waals surface area contributed by atoms with Crippen LogP contribution in [0.25, 0.3) is 10.1 Å². The maximum Gasteiger partial charge on any atom is 0.0659 e. The van der Waals surface area contributed by atoms with Crippen LogP contribution >= 0.6 is 59.1 Å². The van der Waals surface area contributed by atoms with Crippen LogP contribution in [0.5, 0.6) is 0 Å². The normalized spacial score (nSPS) is 12.8. The van der Waals surface area contributed by atoms with Gasteiger partial charge in [0.1, 0.15) is 0 Å². The van der Waals surface area contributed by atoms with E-state index in [-0.39, 0.29) is 4.83 Å². The van der Waals surface area contributed by atoms with Crippen LogP contribution < -0.4 is 0 Å². The standard InChI is InChI=1S/C15H9Br3S/c16-10-4-1-3-9(7-10)14(18)12-8-19-15-11(12)5-2-6-13(15)17/h1-8,14H.